The maximum Gasteiger partial charge on any atom is 0.230 e. The second kappa shape index (κ2) is 8.24. The molecule has 0 saturated heterocycles. The number of carbonyl (C=O) groups excluding carboxylic acids is 1. The number of nitrogens with one attached hydrogen (secondary N) is 2. The van der Waals surface area contributed by atoms with E-state index in [4.69, 9.17) is 14.1 Å². The van der Waals surface area contributed by atoms with Crippen molar-refractivity contribution in [3.05, 3.63) is 54.9 Å². The third kappa shape index (κ3) is 3.74. The first-order valence-corrected chi connectivity index (χ1v) is 11.1. The van der Waals surface area contributed by atoms with Gasteiger partial charge in [0.1, 0.15) is 23.0 Å². The summed E-state index contributed by atoms with van der Waals surface area (Å²) >= 11 is 0. The van der Waals surface area contributed by atoms with Crippen molar-refractivity contribution in [2.45, 2.75) is 6.42 Å². The number of carbonyl (C=O) groups is 1. The number of anilines is 4. The van der Waals surface area contributed by atoms with Crippen molar-refractivity contribution in [1.29, 1.82) is 0 Å². The number of nitrogens with zero attached hydrogens (tertiary/aromatic N) is 5. The highest BCUT2D eigenvalue weighted by Crippen LogP contribution is 2.35. The van der Waals surface area contributed by atoms with E-state index in [1.165, 1.54) is 0 Å². The molecule has 174 valence electrons. The molecule has 0 unspecified atom stereocenters. The summed E-state index contributed by atoms with van der Waals surface area (Å²) in [7, 11) is 3.54. The van der Waals surface area contributed by atoms with Gasteiger partial charge in [0.05, 0.1) is 18.6 Å². The Morgan fingerprint density at radius 2 is 1.94 bits per heavy atom. The van der Waals surface area contributed by atoms with Crippen LogP contribution >= 0.6 is 0 Å². The summed E-state index contributed by atoms with van der Waals surface area (Å²) in [5.41, 5.74) is 2.70. The second-order valence-corrected chi connectivity index (χ2v) is 8.09. The number of rotatable bonds is 1. The Hall–Kier alpha value is -4.73. The van der Waals surface area contributed by atoms with Gasteiger partial charge in [0.2, 0.25) is 17.7 Å². The van der Waals surface area contributed by atoms with Crippen LogP contribution in [0.2, 0.25) is 0 Å². The van der Waals surface area contributed by atoms with Gasteiger partial charge in [0.15, 0.2) is 5.58 Å². The summed E-state index contributed by atoms with van der Waals surface area (Å²) in [6, 6.07) is 12.8. The van der Waals surface area contributed by atoms with E-state index in [9.17, 15) is 4.79 Å². The van der Waals surface area contributed by atoms with Crippen molar-refractivity contribution in [3.63, 3.8) is 0 Å². The highest BCUT2D eigenvalue weighted by molar-refractivity contribution is 6.02. The zero-order valence-electron chi connectivity index (χ0n) is 19.1. The number of hydrogen-bond acceptors (Lipinski definition) is 9. The Balaban J connectivity index is 1.56. The predicted molar refractivity (Wildman–Crippen MR) is 133 cm³/mol. The first-order valence-electron chi connectivity index (χ1n) is 11.1. The molecule has 0 fully saturated rings. The van der Waals surface area contributed by atoms with Crippen molar-refractivity contribution < 1.29 is 13.9 Å². The molecule has 5 aromatic rings. The molecule has 0 aliphatic carbocycles. The second-order valence-electron chi connectivity index (χ2n) is 8.09. The van der Waals surface area contributed by atoms with Crippen LogP contribution in [0, 0.1) is 0 Å². The molecule has 6 rings (SSSR count). The summed E-state index contributed by atoms with van der Waals surface area (Å²) < 4.78 is 11.8. The van der Waals surface area contributed by atoms with E-state index in [-0.39, 0.29) is 18.9 Å². The van der Waals surface area contributed by atoms with Gasteiger partial charge in [-0.1, -0.05) is 6.07 Å². The highest BCUT2D eigenvalue weighted by Gasteiger charge is 2.18. The minimum atomic E-state index is -0.0868. The molecule has 5 heterocycles. The molecule has 2 N–H and O–H groups in total. The Morgan fingerprint density at radius 3 is 2.83 bits per heavy atom. The van der Waals surface area contributed by atoms with Crippen molar-refractivity contribution >= 4 is 50.9 Å². The number of oxazole rings is 1. The molecule has 0 atom stereocenters. The lowest BCUT2D eigenvalue weighted by Crippen LogP contribution is -2.27. The number of aromatic nitrogens is 4. The highest BCUT2D eigenvalue weighted by atomic mass is 16.5. The standard InChI is InChI=1S/C25H21N7O3/c1-26-24-16-12-27-21-11-15(16)17(13-28-24)25-29-18-10-14(6-7-19(18)35-25)32(2)23(33)8-9-34-22-5-3-4-20(30-21)31-22/h3-7,10-13H,8-9H2,1-2H3,(H,26,28)(H,27,30,31). The largest absolute Gasteiger partial charge is 0.477 e. The van der Waals surface area contributed by atoms with Crippen LogP contribution in [0.15, 0.2) is 59.3 Å². The molecule has 0 radical (unpaired) electrons. The van der Waals surface area contributed by atoms with E-state index >= 15 is 0 Å². The van der Waals surface area contributed by atoms with Gasteiger partial charge in [-0.25, -0.2) is 15.0 Å². The minimum absolute atomic E-state index is 0.0868. The fourth-order valence-corrected chi connectivity index (χ4v) is 4.06. The van der Waals surface area contributed by atoms with Crippen LogP contribution in [0.3, 0.4) is 0 Å². The van der Waals surface area contributed by atoms with Gasteiger partial charge in [-0.2, -0.15) is 4.98 Å². The normalized spacial score (nSPS) is 13.7. The lowest BCUT2D eigenvalue weighted by atomic mass is 10.1. The SMILES string of the molecule is CNc1ncc2c3cc(ncc13)Nc1cccc(n1)OCCC(=O)N(C)c1ccc3oc-2nc3c1. The van der Waals surface area contributed by atoms with Gasteiger partial charge in [0.25, 0.3) is 0 Å². The van der Waals surface area contributed by atoms with Crippen LogP contribution in [0.25, 0.3) is 33.3 Å². The zero-order chi connectivity index (χ0) is 23.9. The average Bonchev–Trinajstić information content (AvgIpc) is 3.30. The molecule has 1 amide bonds. The van der Waals surface area contributed by atoms with E-state index in [2.05, 4.69) is 25.6 Å². The summed E-state index contributed by atoms with van der Waals surface area (Å²) in [4.78, 5) is 32.6. The van der Waals surface area contributed by atoms with Gasteiger partial charge in [-0.15, -0.1) is 0 Å². The molecule has 1 aliphatic heterocycles. The van der Waals surface area contributed by atoms with Gasteiger partial charge in [-0.3, -0.25) is 4.79 Å². The van der Waals surface area contributed by atoms with E-state index in [1.54, 1.807) is 30.4 Å². The summed E-state index contributed by atoms with van der Waals surface area (Å²) in [6.07, 6.45) is 3.67. The molecule has 35 heavy (non-hydrogen) atoms. The van der Waals surface area contributed by atoms with Gasteiger partial charge >= 0.3 is 0 Å². The zero-order valence-corrected chi connectivity index (χ0v) is 19.1. The Kier molecular flexibility index (Phi) is 4.91. The van der Waals surface area contributed by atoms with Crippen LogP contribution in [0.4, 0.5) is 23.1 Å². The average molecular weight is 467 g/mol. The summed E-state index contributed by atoms with van der Waals surface area (Å²) in [5, 5.41) is 8.01. The molecule has 1 aromatic carbocycles. The Bertz CT molecular complexity index is 1600. The van der Waals surface area contributed by atoms with E-state index < -0.39 is 0 Å². The molecule has 0 saturated carbocycles. The molecule has 4 aromatic heterocycles. The predicted octanol–water partition coefficient (Wildman–Crippen LogP) is 4.36. The third-order valence-corrected chi connectivity index (χ3v) is 5.92. The molecule has 10 heteroatoms. The molecule has 0 spiro atoms. The van der Waals surface area contributed by atoms with E-state index in [1.807, 2.05) is 43.4 Å². The maximum atomic E-state index is 12.8. The quantitative estimate of drug-likeness (QED) is 0.370. The topological polar surface area (TPSA) is 118 Å². The Morgan fingerprint density at radius 1 is 1.03 bits per heavy atom. The van der Waals surface area contributed by atoms with Crippen LogP contribution in [-0.4, -0.2) is 46.5 Å². The molecule has 1 aliphatic rings. The van der Waals surface area contributed by atoms with Crippen LogP contribution in [0.1, 0.15) is 6.42 Å². The lowest BCUT2D eigenvalue weighted by Gasteiger charge is -2.17. The number of pyridine rings is 3. The molecule has 10 nitrogen and oxygen atoms in total. The van der Waals surface area contributed by atoms with Crippen LogP contribution < -0.4 is 20.3 Å². The van der Waals surface area contributed by atoms with Crippen molar-refractivity contribution in [2.24, 2.45) is 0 Å². The van der Waals surface area contributed by atoms with Gasteiger partial charge < -0.3 is 24.7 Å². The van der Waals surface area contributed by atoms with Gasteiger partial charge in [-0.05, 0) is 30.3 Å². The fraction of sp³-hybridized carbons (Fsp3) is 0.160. The molecule has 7 bridgehead atoms. The minimum Gasteiger partial charge on any atom is -0.477 e. The first kappa shape index (κ1) is 20.8. The summed E-state index contributed by atoms with van der Waals surface area (Å²) in [5.74, 6) is 2.61. The van der Waals surface area contributed by atoms with Crippen molar-refractivity contribution in [3.8, 4) is 17.3 Å². The van der Waals surface area contributed by atoms with Crippen LogP contribution in [-0.2, 0) is 4.79 Å². The number of ether oxygens (including phenoxy) is 1. The Labute approximate surface area is 200 Å². The monoisotopic (exact) mass is 467 g/mol. The molecular formula is C25H21N7O3. The molecular weight excluding hydrogens is 446 g/mol. The van der Waals surface area contributed by atoms with E-state index in [0.29, 0.717) is 46.0 Å². The lowest BCUT2D eigenvalue weighted by molar-refractivity contribution is -0.118. The number of benzene rings is 1. The first-order chi connectivity index (χ1) is 17.1. The number of hydrogen-bond donors (Lipinski definition) is 2. The fourth-order valence-electron chi connectivity index (χ4n) is 4.06. The number of fused-ring (bicyclic) bond motifs is 6. The number of amides is 1. The third-order valence-electron chi connectivity index (χ3n) is 5.92. The van der Waals surface area contributed by atoms with E-state index in [0.717, 1.165) is 16.3 Å². The van der Waals surface area contributed by atoms with Crippen molar-refractivity contribution in [2.75, 3.05) is 36.2 Å². The maximum absolute atomic E-state index is 12.8. The summed E-state index contributed by atoms with van der Waals surface area (Å²) in [6.45, 7) is 0.202. The van der Waals surface area contributed by atoms with Crippen LogP contribution in [0.5, 0.6) is 5.88 Å². The van der Waals surface area contributed by atoms with Gasteiger partial charge in [0, 0.05) is 49.0 Å². The van der Waals surface area contributed by atoms with Crippen molar-refractivity contribution in [1.82, 2.24) is 19.9 Å². The smallest absolute Gasteiger partial charge is 0.230 e.